The Morgan fingerprint density at radius 2 is 1.79 bits per heavy atom. The van der Waals surface area contributed by atoms with Gasteiger partial charge in [0.25, 0.3) is 0 Å². The summed E-state index contributed by atoms with van der Waals surface area (Å²) in [6.45, 7) is 0.234. The van der Waals surface area contributed by atoms with Crippen LogP contribution in [-0.4, -0.2) is 21.7 Å². The van der Waals surface area contributed by atoms with Gasteiger partial charge in [-0.15, -0.1) is 0 Å². The molecule has 0 heterocycles. The highest BCUT2D eigenvalue weighted by Gasteiger charge is 2.01. The maximum atomic E-state index is 11.7. The molecular formula is C11H16O2S. The van der Waals surface area contributed by atoms with E-state index in [-0.39, 0.29) is 6.61 Å². The van der Waals surface area contributed by atoms with E-state index in [0.717, 1.165) is 24.2 Å². The Kier molecular flexibility index (Phi) is 5.49. The lowest BCUT2D eigenvalue weighted by Crippen LogP contribution is -1.98. The minimum Gasteiger partial charge on any atom is -0.396 e. The Labute approximate surface area is 87.4 Å². The number of rotatable bonds is 6. The molecule has 1 atom stereocenters. The third kappa shape index (κ3) is 4.03. The highest BCUT2D eigenvalue weighted by Crippen LogP contribution is 2.07. The van der Waals surface area contributed by atoms with Crippen molar-refractivity contribution in [2.24, 2.45) is 0 Å². The summed E-state index contributed by atoms with van der Waals surface area (Å²) in [6.07, 6.45) is 2.68. The molecule has 3 heteroatoms. The van der Waals surface area contributed by atoms with Gasteiger partial charge in [-0.3, -0.25) is 4.21 Å². The number of hydrogen-bond donors (Lipinski definition) is 1. The Hall–Kier alpha value is -0.670. The molecule has 0 bridgehead atoms. The number of unbranched alkanes of at least 4 members (excludes halogenated alkanes) is 2. The van der Waals surface area contributed by atoms with Crippen molar-refractivity contribution in [2.45, 2.75) is 24.2 Å². The molecule has 1 N–H and O–H groups in total. The van der Waals surface area contributed by atoms with Gasteiger partial charge in [-0.1, -0.05) is 24.6 Å². The van der Waals surface area contributed by atoms with Crippen LogP contribution >= 0.6 is 0 Å². The van der Waals surface area contributed by atoms with Gasteiger partial charge in [0.15, 0.2) is 0 Å². The summed E-state index contributed by atoms with van der Waals surface area (Å²) in [6, 6.07) is 9.51. The third-order valence-corrected chi connectivity index (χ3v) is 3.45. The van der Waals surface area contributed by atoms with Crippen molar-refractivity contribution in [3.05, 3.63) is 30.3 Å². The Morgan fingerprint density at radius 1 is 1.07 bits per heavy atom. The molecule has 1 unspecified atom stereocenters. The molecule has 1 aromatic rings. The first-order valence-electron chi connectivity index (χ1n) is 4.89. The molecule has 14 heavy (non-hydrogen) atoms. The third-order valence-electron chi connectivity index (χ3n) is 1.99. The normalized spacial score (nSPS) is 12.6. The maximum Gasteiger partial charge on any atom is 0.0529 e. The summed E-state index contributed by atoms with van der Waals surface area (Å²) in [5.74, 6) is 0.698. The van der Waals surface area contributed by atoms with Gasteiger partial charge in [-0.05, 0) is 25.0 Å². The Morgan fingerprint density at radius 3 is 2.43 bits per heavy atom. The number of aliphatic hydroxyl groups is 1. The van der Waals surface area contributed by atoms with Gasteiger partial charge in [0.1, 0.15) is 0 Å². The predicted molar refractivity (Wildman–Crippen MR) is 58.7 cm³/mol. The molecule has 0 spiro atoms. The van der Waals surface area contributed by atoms with Gasteiger partial charge in [-0.25, -0.2) is 0 Å². The molecule has 0 fully saturated rings. The molecule has 1 aromatic carbocycles. The van der Waals surface area contributed by atoms with Crippen LogP contribution in [0.3, 0.4) is 0 Å². The summed E-state index contributed by atoms with van der Waals surface area (Å²) in [5.41, 5.74) is 0. The SMILES string of the molecule is O=S(CCCCCO)c1ccccc1. The average molecular weight is 212 g/mol. The molecule has 1 rings (SSSR count). The van der Waals surface area contributed by atoms with E-state index in [9.17, 15) is 4.21 Å². The van der Waals surface area contributed by atoms with Gasteiger partial charge < -0.3 is 5.11 Å². The molecule has 0 aliphatic rings. The van der Waals surface area contributed by atoms with Crippen molar-refractivity contribution < 1.29 is 9.32 Å². The average Bonchev–Trinajstić information content (AvgIpc) is 2.25. The van der Waals surface area contributed by atoms with Crippen LogP contribution in [0.15, 0.2) is 35.2 Å². The summed E-state index contributed by atoms with van der Waals surface area (Å²) >= 11 is 0. The zero-order chi connectivity index (χ0) is 10.2. The molecule has 0 radical (unpaired) electrons. The van der Waals surface area contributed by atoms with Crippen LogP contribution < -0.4 is 0 Å². The van der Waals surface area contributed by atoms with E-state index in [1.165, 1.54) is 0 Å². The van der Waals surface area contributed by atoms with Gasteiger partial charge >= 0.3 is 0 Å². The summed E-state index contributed by atoms with van der Waals surface area (Å²) in [4.78, 5) is 0.900. The maximum absolute atomic E-state index is 11.7. The first-order chi connectivity index (χ1) is 6.84. The fraction of sp³-hybridized carbons (Fsp3) is 0.455. The molecular weight excluding hydrogens is 196 g/mol. The van der Waals surface area contributed by atoms with Gasteiger partial charge in [-0.2, -0.15) is 0 Å². The lowest BCUT2D eigenvalue weighted by molar-refractivity contribution is 0.284. The Balaban J connectivity index is 2.29. The van der Waals surface area contributed by atoms with Crippen molar-refractivity contribution in [3.63, 3.8) is 0 Å². The molecule has 78 valence electrons. The summed E-state index contributed by atoms with van der Waals surface area (Å²) < 4.78 is 11.7. The number of aliphatic hydroxyl groups excluding tert-OH is 1. The minimum atomic E-state index is -0.869. The molecule has 0 aromatic heterocycles. The van der Waals surface area contributed by atoms with E-state index < -0.39 is 10.8 Å². The van der Waals surface area contributed by atoms with E-state index in [1.54, 1.807) is 0 Å². The van der Waals surface area contributed by atoms with Crippen LogP contribution in [-0.2, 0) is 10.8 Å². The molecule has 0 aliphatic carbocycles. The summed E-state index contributed by atoms with van der Waals surface area (Å²) in [7, 11) is -0.869. The molecule has 0 aliphatic heterocycles. The van der Waals surface area contributed by atoms with Crippen molar-refractivity contribution in [3.8, 4) is 0 Å². The summed E-state index contributed by atoms with van der Waals surface area (Å²) in [5, 5.41) is 8.57. The lowest BCUT2D eigenvalue weighted by Gasteiger charge is -2.01. The lowest BCUT2D eigenvalue weighted by atomic mass is 10.3. The number of hydrogen-bond acceptors (Lipinski definition) is 2. The largest absolute Gasteiger partial charge is 0.396 e. The van der Waals surface area contributed by atoms with Gasteiger partial charge in [0.2, 0.25) is 0 Å². The van der Waals surface area contributed by atoms with Crippen LogP contribution in [0.25, 0.3) is 0 Å². The van der Waals surface area contributed by atoms with Crippen LogP contribution in [0, 0.1) is 0 Å². The van der Waals surface area contributed by atoms with Crippen molar-refractivity contribution in [2.75, 3.05) is 12.4 Å². The Bertz CT molecular complexity index is 272. The monoisotopic (exact) mass is 212 g/mol. The highest BCUT2D eigenvalue weighted by atomic mass is 32.2. The topological polar surface area (TPSA) is 37.3 Å². The van der Waals surface area contributed by atoms with E-state index in [1.807, 2.05) is 30.3 Å². The molecule has 2 nitrogen and oxygen atoms in total. The second kappa shape index (κ2) is 6.74. The van der Waals surface area contributed by atoms with E-state index in [4.69, 9.17) is 5.11 Å². The first-order valence-corrected chi connectivity index (χ1v) is 6.21. The zero-order valence-corrected chi connectivity index (χ0v) is 9.00. The number of benzene rings is 1. The minimum absolute atomic E-state index is 0.234. The van der Waals surface area contributed by atoms with Crippen LogP contribution in [0.1, 0.15) is 19.3 Å². The van der Waals surface area contributed by atoms with Crippen LogP contribution in [0.2, 0.25) is 0 Å². The quantitative estimate of drug-likeness (QED) is 0.732. The van der Waals surface area contributed by atoms with Crippen molar-refractivity contribution in [1.29, 1.82) is 0 Å². The van der Waals surface area contributed by atoms with E-state index in [2.05, 4.69) is 0 Å². The van der Waals surface area contributed by atoms with Gasteiger partial charge in [0.05, 0.1) is 10.8 Å². The van der Waals surface area contributed by atoms with Gasteiger partial charge in [0, 0.05) is 17.3 Å². The fourth-order valence-electron chi connectivity index (χ4n) is 1.21. The van der Waals surface area contributed by atoms with Crippen LogP contribution in [0.4, 0.5) is 0 Å². The smallest absolute Gasteiger partial charge is 0.0529 e. The molecule has 0 saturated heterocycles. The predicted octanol–water partition coefficient (Wildman–Crippen LogP) is 1.96. The second-order valence-electron chi connectivity index (χ2n) is 3.15. The standard InChI is InChI=1S/C11H16O2S/c12-9-5-2-6-10-14(13)11-7-3-1-4-8-11/h1,3-4,7-8,12H,2,5-6,9-10H2. The molecule has 0 amide bonds. The van der Waals surface area contributed by atoms with E-state index >= 15 is 0 Å². The fourth-order valence-corrected chi connectivity index (χ4v) is 2.37. The zero-order valence-electron chi connectivity index (χ0n) is 8.19. The molecule has 0 saturated carbocycles. The van der Waals surface area contributed by atoms with E-state index in [0.29, 0.717) is 5.75 Å². The van der Waals surface area contributed by atoms with Crippen LogP contribution in [0.5, 0.6) is 0 Å². The second-order valence-corrected chi connectivity index (χ2v) is 4.72. The highest BCUT2D eigenvalue weighted by molar-refractivity contribution is 7.85. The van der Waals surface area contributed by atoms with Crippen molar-refractivity contribution in [1.82, 2.24) is 0 Å². The van der Waals surface area contributed by atoms with Crippen molar-refractivity contribution >= 4 is 10.8 Å². The first kappa shape index (κ1) is 11.4.